The lowest BCUT2D eigenvalue weighted by molar-refractivity contribution is 0.0827. The van der Waals surface area contributed by atoms with Crippen molar-refractivity contribution >= 4 is 40.0 Å². The highest BCUT2D eigenvalue weighted by atomic mass is 32.2. The number of thiazole rings is 1. The van der Waals surface area contributed by atoms with Crippen LogP contribution >= 0.6 is 23.1 Å². The molecule has 3 aromatic heterocycles. The maximum Gasteiger partial charge on any atom is 0.253 e. The van der Waals surface area contributed by atoms with Crippen LogP contribution in [0.25, 0.3) is 33.0 Å². The molecule has 39 heavy (non-hydrogen) atoms. The second-order valence-corrected chi connectivity index (χ2v) is 11.3. The van der Waals surface area contributed by atoms with Crippen molar-refractivity contribution in [3.63, 3.8) is 0 Å². The minimum atomic E-state index is -0.0283. The quantitative estimate of drug-likeness (QED) is 0.243. The molecule has 0 radical (unpaired) electrons. The molecule has 1 atom stereocenters. The molecule has 1 aliphatic rings. The van der Waals surface area contributed by atoms with Crippen LogP contribution in [-0.4, -0.2) is 52.0 Å². The third-order valence-electron chi connectivity index (χ3n) is 6.35. The van der Waals surface area contributed by atoms with E-state index in [1.807, 2.05) is 58.7 Å². The van der Waals surface area contributed by atoms with Gasteiger partial charge >= 0.3 is 0 Å². The fourth-order valence-electron chi connectivity index (χ4n) is 4.26. The predicted octanol–water partition coefficient (Wildman–Crippen LogP) is 6.09. The van der Waals surface area contributed by atoms with Crippen LogP contribution in [0, 0.1) is 0 Å². The Hall–Kier alpha value is -3.96. The lowest BCUT2D eigenvalue weighted by atomic mass is 10.1. The first-order chi connectivity index (χ1) is 18.9. The summed E-state index contributed by atoms with van der Waals surface area (Å²) in [6, 6.07) is 13.1. The van der Waals surface area contributed by atoms with Gasteiger partial charge in [-0.1, -0.05) is 30.8 Å². The van der Waals surface area contributed by atoms with Crippen molar-refractivity contribution in [2.45, 2.75) is 30.5 Å². The van der Waals surface area contributed by atoms with Crippen LogP contribution in [0.15, 0.2) is 63.6 Å². The van der Waals surface area contributed by atoms with E-state index in [1.165, 1.54) is 11.3 Å². The molecule has 1 amide bonds. The van der Waals surface area contributed by atoms with Crippen molar-refractivity contribution in [1.82, 2.24) is 19.5 Å². The van der Waals surface area contributed by atoms with Crippen LogP contribution in [0.1, 0.15) is 29.4 Å². The summed E-state index contributed by atoms with van der Waals surface area (Å²) in [7, 11) is 5.10. The molecule has 0 saturated heterocycles. The first kappa shape index (κ1) is 25.3. The van der Waals surface area contributed by atoms with Crippen molar-refractivity contribution < 1.29 is 18.7 Å². The zero-order valence-electron chi connectivity index (χ0n) is 21.9. The number of thioether (sulfide) groups is 1. The smallest absolute Gasteiger partial charge is 0.253 e. The van der Waals surface area contributed by atoms with Crippen LogP contribution < -0.4 is 14.9 Å². The Bertz CT molecular complexity index is 1630. The van der Waals surface area contributed by atoms with Gasteiger partial charge < -0.3 is 24.2 Å². The molecule has 0 saturated carbocycles. The van der Waals surface area contributed by atoms with Crippen LogP contribution in [-0.2, 0) is 6.61 Å². The number of amides is 1. The fourth-order valence-corrected chi connectivity index (χ4v) is 6.03. The molecule has 200 valence electrons. The van der Waals surface area contributed by atoms with E-state index in [0.717, 1.165) is 38.9 Å². The van der Waals surface area contributed by atoms with Gasteiger partial charge in [0.25, 0.3) is 5.91 Å². The number of nitrogens with zero attached hydrogens (tertiary/aromatic N) is 4. The first-order valence-corrected chi connectivity index (χ1v) is 14.2. The van der Waals surface area contributed by atoms with Crippen LogP contribution in [0.2, 0.25) is 0 Å². The highest BCUT2D eigenvalue weighted by Crippen LogP contribution is 2.39. The summed E-state index contributed by atoms with van der Waals surface area (Å²) in [5.74, 6) is 1.91. The average molecular weight is 562 g/mol. The van der Waals surface area contributed by atoms with Gasteiger partial charge in [-0.15, -0.1) is 11.3 Å². The van der Waals surface area contributed by atoms with Gasteiger partial charge in [0.15, 0.2) is 10.9 Å². The van der Waals surface area contributed by atoms with Gasteiger partial charge in [0.1, 0.15) is 34.4 Å². The molecule has 0 spiro atoms. The van der Waals surface area contributed by atoms with E-state index in [-0.39, 0.29) is 12.5 Å². The number of furan rings is 1. The molecule has 0 bridgehead atoms. The summed E-state index contributed by atoms with van der Waals surface area (Å²) in [6.45, 7) is 2.43. The molecule has 1 N–H and O–H groups in total. The topological polar surface area (TPSA) is 94.7 Å². The van der Waals surface area contributed by atoms with Crippen molar-refractivity contribution in [2.24, 2.45) is 0 Å². The standard InChI is InChI=1S/C28H27N5O4S2/c1-5-25-31-33-13-21(30-28(33)39-25)24-12-20-22(10-19(35-4)11-23(20)37-24)36-14-18-15-38-26(29-18)16-6-8-17(9-7-16)27(34)32(2)3/h6-13,15,25,31H,5,14H2,1-4H3. The van der Waals surface area contributed by atoms with Gasteiger partial charge in [0.2, 0.25) is 0 Å². The minimum Gasteiger partial charge on any atom is -0.496 e. The van der Waals surface area contributed by atoms with Crippen molar-refractivity contribution in [2.75, 3.05) is 26.6 Å². The number of carbonyl (C=O) groups excluding carboxylic acids is 1. The van der Waals surface area contributed by atoms with Gasteiger partial charge in [-0.2, -0.15) is 0 Å². The summed E-state index contributed by atoms with van der Waals surface area (Å²) >= 11 is 3.24. The summed E-state index contributed by atoms with van der Waals surface area (Å²) in [5.41, 5.74) is 7.23. The first-order valence-electron chi connectivity index (χ1n) is 12.5. The van der Waals surface area contributed by atoms with Gasteiger partial charge in [-0.05, 0) is 24.6 Å². The summed E-state index contributed by atoms with van der Waals surface area (Å²) in [5, 5.41) is 4.93. The summed E-state index contributed by atoms with van der Waals surface area (Å²) in [6.07, 6.45) is 2.96. The second kappa shape index (κ2) is 10.3. The summed E-state index contributed by atoms with van der Waals surface area (Å²) in [4.78, 5) is 23.2. The number of carbonyl (C=O) groups is 1. The molecule has 9 nitrogen and oxygen atoms in total. The highest BCUT2D eigenvalue weighted by Gasteiger charge is 2.24. The molecule has 0 fully saturated rings. The molecule has 4 heterocycles. The number of fused-ring (bicyclic) bond motifs is 2. The van der Waals surface area contributed by atoms with E-state index in [2.05, 4.69) is 12.3 Å². The van der Waals surface area contributed by atoms with Crippen LogP contribution in [0.5, 0.6) is 11.5 Å². The third-order valence-corrected chi connectivity index (χ3v) is 8.51. The van der Waals surface area contributed by atoms with Gasteiger partial charge in [0.05, 0.1) is 29.8 Å². The Labute approximate surface area is 233 Å². The number of rotatable bonds is 8. The van der Waals surface area contributed by atoms with E-state index in [4.69, 9.17) is 23.9 Å². The SMILES string of the molecule is CCC1Nn2cc(-c3cc4c(OCc5csc(-c6ccc(C(=O)N(C)C)cc6)n5)cc(OC)cc4o3)nc2S1. The maximum atomic E-state index is 12.2. The van der Waals surface area contributed by atoms with E-state index in [0.29, 0.717) is 33.8 Å². The zero-order chi connectivity index (χ0) is 27.1. The molecule has 2 aromatic carbocycles. The lowest BCUT2D eigenvalue weighted by Gasteiger charge is -2.10. The van der Waals surface area contributed by atoms with Crippen molar-refractivity contribution in [1.29, 1.82) is 0 Å². The van der Waals surface area contributed by atoms with E-state index >= 15 is 0 Å². The fraction of sp³-hybridized carbons (Fsp3) is 0.250. The lowest BCUT2D eigenvalue weighted by Crippen LogP contribution is -2.21. The normalized spacial score (nSPS) is 14.3. The largest absolute Gasteiger partial charge is 0.496 e. The van der Waals surface area contributed by atoms with Gasteiger partial charge in [-0.25, -0.2) is 14.6 Å². The van der Waals surface area contributed by atoms with Crippen molar-refractivity contribution in [3.8, 4) is 33.5 Å². The molecular formula is C28H27N5O4S2. The van der Waals surface area contributed by atoms with Crippen LogP contribution in [0.3, 0.4) is 0 Å². The number of hydrogen-bond acceptors (Lipinski definition) is 9. The molecule has 0 aliphatic carbocycles. The third kappa shape index (κ3) is 4.95. The maximum absolute atomic E-state index is 12.2. The zero-order valence-corrected chi connectivity index (χ0v) is 23.6. The molecule has 6 rings (SSSR count). The number of benzene rings is 2. The number of methoxy groups -OCH3 is 1. The number of hydrogen-bond donors (Lipinski definition) is 1. The van der Waals surface area contributed by atoms with Gasteiger partial charge in [0, 0.05) is 42.7 Å². The second-order valence-electron chi connectivity index (χ2n) is 9.28. The number of ether oxygens (including phenoxy) is 2. The molecule has 1 aliphatic heterocycles. The van der Waals surface area contributed by atoms with E-state index < -0.39 is 0 Å². The van der Waals surface area contributed by atoms with Crippen molar-refractivity contribution in [3.05, 3.63) is 65.3 Å². The Kier molecular flexibility index (Phi) is 6.69. The molecule has 1 unspecified atom stereocenters. The van der Waals surface area contributed by atoms with Gasteiger partial charge in [-0.3, -0.25) is 4.79 Å². The highest BCUT2D eigenvalue weighted by molar-refractivity contribution is 8.00. The number of imidazole rings is 1. The molecular weight excluding hydrogens is 534 g/mol. The Morgan fingerprint density at radius 3 is 2.72 bits per heavy atom. The Morgan fingerprint density at radius 1 is 1.18 bits per heavy atom. The Balaban J connectivity index is 1.21. The van der Waals surface area contributed by atoms with E-state index in [1.54, 1.807) is 37.9 Å². The summed E-state index contributed by atoms with van der Waals surface area (Å²) < 4.78 is 19.8. The monoisotopic (exact) mass is 561 g/mol. The number of nitrogens with one attached hydrogen (secondary N) is 1. The van der Waals surface area contributed by atoms with Crippen LogP contribution in [0.4, 0.5) is 0 Å². The predicted molar refractivity (Wildman–Crippen MR) is 153 cm³/mol. The molecule has 5 aromatic rings. The molecule has 11 heteroatoms. The number of aromatic nitrogens is 3. The minimum absolute atomic E-state index is 0.0283. The Morgan fingerprint density at radius 2 is 2.00 bits per heavy atom. The van der Waals surface area contributed by atoms with E-state index in [9.17, 15) is 4.79 Å². The average Bonchev–Trinajstić information content (AvgIpc) is 3.73.